The van der Waals surface area contributed by atoms with E-state index >= 15 is 0 Å². The average molecular weight is 601 g/mol. The first-order valence-corrected chi connectivity index (χ1v) is 13.2. The van der Waals surface area contributed by atoms with Crippen molar-refractivity contribution in [3.63, 3.8) is 0 Å². The summed E-state index contributed by atoms with van der Waals surface area (Å²) < 4.78 is 6.86. The van der Waals surface area contributed by atoms with Gasteiger partial charge in [-0.05, 0) is 25.1 Å². The number of hydrogen-bond donors (Lipinski definition) is 2. The molecule has 5 rings (SSSR count). The summed E-state index contributed by atoms with van der Waals surface area (Å²) in [5, 5.41) is 8.00. The van der Waals surface area contributed by atoms with Crippen LogP contribution in [0.3, 0.4) is 0 Å². The van der Waals surface area contributed by atoms with Crippen molar-refractivity contribution >= 4 is 57.7 Å². The van der Waals surface area contributed by atoms with Crippen LogP contribution in [0.15, 0.2) is 43.0 Å². The van der Waals surface area contributed by atoms with Crippen LogP contribution in [-0.2, 0) is 0 Å². The molecule has 0 aliphatic rings. The predicted molar refractivity (Wildman–Crippen MR) is 154 cm³/mol. The molecule has 0 saturated carbocycles. The van der Waals surface area contributed by atoms with Gasteiger partial charge in [-0.3, -0.25) is 4.79 Å². The van der Waals surface area contributed by atoms with Crippen molar-refractivity contribution in [2.45, 2.75) is 12.8 Å². The number of aromatic nitrogens is 7. The highest BCUT2D eigenvalue weighted by Crippen LogP contribution is 2.32. The second-order valence-corrected chi connectivity index (χ2v) is 10.3. The molecule has 1 unspecified atom stereocenters. The Labute approximate surface area is 244 Å². The van der Waals surface area contributed by atoms with Gasteiger partial charge in [0.05, 0.1) is 50.4 Å². The Bertz CT molecular complexity index is 1680. The molecule has 0 fully saturated rings. The first-order chi connectivity index (χ1) is 19.1. The SMILES string of the molecule is COc1cc2nc(C(CNC(=O)c3c(Cl)cc(-n4cnc(C)n4)cc3Cl)c3cnc(N(C)C)nc3)[nH]c2cc1Cl. The number of amides is 1. The van der Waals surface area contributed by atoms with Gasteiger partial charge in [0.2, 0.25) is 5.95 Å². The van der Waals surface area contributed by atoms with E-state index in [0.29, 0.717) is 45.1 Å². The number of nitrogens with one attached hydrogen (secondary N) is 2. The minimum Gasteiger partial charge on any atom is -0.495 e. The number of anilines is 1. The molecule has 1 atom stereocenters. The van der Waals surface area contributed by atoms with Gasteiger partial charge in [-0.15, -0.1) is 0 Å². The highest BCUT2D eigenvalue weighted by atomic mass is 35.5. The Morgan fingerprint density at radius 3 is 2.38 bits per heavy atom. The van der Waals surface area contributed by atoms with E-state index in [2.05, 4.69) is 30.4 Å². The van der Waals surface area contributed by atoms with E-state index in [1.54, 1.807) is 61.9 Å². The molecule has 3 aromatic heterocycles. The van der Waals surface area contributed by atoms with Crippen LogP contribution >= 0.6 is 34.8 Å². The number of fused-ring (bicyclic) bond motifs is 1. The largest absolute Gasteiger partial charge is 0.495 e. The van der Waals surface area contributed by atoms with Gasteiger partial charge >= 0.3 is 0 Å². The molecule has 14 heteroatoms. The standard InChI is InChI=1S/C26H24Cl3N9O2/c1-13-33-12-38(36-13)15-5-18(28)23(19(29)6-15)25(39)30-11-16(14-9-31-26(32-10-14)37(2)3)24-34-20-7-17(27)22(40-4)8-21(20)35-24/h5-10,12,16H,11H2,1-4H3,(H,30,39)(H,34,35). The van der Waals surface area contributed by atoms with Crippen LogP contribution in [0.2, 0.25) is 15.1 Å². The number of halogens is 3. The molecule has 2 aromatic carbocycles. The summed E-state index contributed by atoms with van der Waals surface area (Å²) in [4.78, 5) is 36.2. The molecule has 40 heavy (non-hydrogen) atoms. The molecule has 0 spiro atoms. The van der Waals surface area contributed by atoms with Crippen LogP contribution in [0, 0.1) is 6.92 Å². The van der Waals surface area contributed by atoms with Crippen LogP contribution in [0.4, 0.5) is 5.95 Å². The third kappa shape index (κ3) is 5.53. The number of hydrogen-bond acceptors (Lipinski definition) is 8. The summed E-state index contributed by atoms with van der Waals surface area (Å²) in [6.07, 6.45) is 4.95. The highest BCUT2D eigenvalue weighted by molar-refractivity contribution is 6.40. The molecule has 0 aliphatic carbocycles. The zero-order chi connectivity index (χ0) is 28.6. The Morgan fingerprint density at radius 1 is 1.07 bits per heavy atom. The third-order valence-electron chi connectivity index (χ3n) is 6.16. The Balaban J connectivity index is 1.46. The zero-order valence-corrected chi connectivity index (χ0v) is 24.2. The normalized spacial score (nSPS) is 12.0. The van der Waals surface area contributed by atoms with Crippen molar-refractivity contribution in [2.24, 2.45) is 0 Å². The number of carbonyl (C=O) groups is 1. The number of ether oxygens (including phenoxy) is 1. The van der Waals surface area contributed by atoms with Crippen LogP contribution in [0.25, 0.3) is 16.7 Å². The molecule has 1 amide bonds. The van der Waals surface area contributed by atoms with E-state index in [9.17, 15) is 4.79 Å². The summed E-state index contributed by atoms with van der Waals surface area (Å²) in [5.74, 6) is 1.34. The van der Waals surface area contributed by atoms with Gasteiger partial charge in [-0.1, -0.05) is 34.8 Å². The second-order valence-electron chi connectivity index (χ2n) is 9.12. The molecular weight excluding hydrogens is 577 g/mol. The van der Waals surface area contributed by atoms with E-state index in [1.165, 1.54) is 4.68 Å². The van der Waals surface area contributed by atoms with E-state index < -0.39 is 11.8 Å². The minimum absolute atomic E-state index is 0.142. The predicted octanol–water partition coefficient (Wildman–Crippen LogP) is 4.84. The number of carbonyl (C=O) groups excluding carboxylic acids is 1. The number of rotatable bonds is 8. The third-order valence-corrected chi connectivity index (χ3v) is 7.05. The average Bonchev–Trinajstić information content (AvgIpc) is 3.53. The smallest absolute Gasteiger partial charge is 0.254 e. The summed E-state index contributed by atoms with van der Waals surface area (Å²) in [7, 11) is 5.25. The van der Waals surface area contributed by atoms with Gasteiger partial charge < -0.3 is 19.9 Å². The quantitative estimate of drug-likeness (QED) is 0.259. The lowest BCUT2D eigenvalue weighted by atomic mass is 10.0. The van der Waals surface area contributed by atoms with Crippen LogP contribution in [-0.4, -0.2) is 68.4 Å². The Morgan fingerprint density at radius 2 is 1.77 bits per heavy atom. The Hall–Kier alpha value is -3.93. The van der Waals surface area contributed by atoms with Crippen molar-refractivity contribution in [3.8, 4) is 11.4 Å². The van der Waals surface area contributed by atoms with E-state index in [-0.39, 0.29) is 22.2 Å². The lowest BCUT2D eigenvalue weighted by molar-refractivity contribution is 0.0952. The number of aryl methyl sites for hydroxylation is 1. The number of H-pyrrole nitrogens is 1. The van der Waals surface area contributed by atoms with Crippen LogP contribution in [0.1, 0.15) is 33.5 Å². The number of benzene rings is 2. The highest BCUT2D eigenvalue weighted by Gasteiger charge is 2.24. The molecule has 206 valence electrons. The van der Waals surface area contributed by atoms with Crippen molar-refractivity contribution < 1.29 is 9.53 Å². The maximum Gasteiger partial charge on any atom is 0.254 e. The maximum atomic E-state index is 13.3. The topological polar surface area (TPSA) is 127 Å². The van der Waals surface area contributed by atoms with Gasteiger partial charge in [0.1, 0.15) is 23.7 Å². The number of nitrogens with zero attached hydrogens (tertiary/aromatic N) is 7. The molecule has 0 bridgehead atoms. The summed E-state index contributed by atoms with van der Waals surface area (Å²) >= 11 is 19.3. The molecule has 0 radical (unpaired) electrons. The van der Waals surface area contributed by atoms with E-state index in [1.807, 2.05) is 14.1 Å². The molecule has 11 nitrogen and oxygen atoms in total. The zero-order valence-electron chi connectivity index (χ0n) is 21.9. The van der Waals surface area contributed by atoms with Gasteiger partial charge in [0.15, 0.2) is 0 Å². The first kappa shape index (κ1) is 27.6. The fourth-order valence-corrected chi connectivity index (χ4v) is 5.02. The molecule has 0 aliphatic heterocycles. The summed E-state index contributed by atoms with van der Waals surface area (Å²) in [5.41, 5.74) is 2.83. The fourth-order valence-electron chi connectivity index (χ4n) is 4.13. The van der Waals surface area contributed by atoms with Gasteiger partial charge in [0, 0.05) is 44.7 Å². The fraction of sp³-hybridized carbons (Fsp3) is 0.231. The van der Waals surface area contributed by atoms with Crippen LogP contribution in [0.5, 0.6) is 5.75 Å². The molecule has 5 aromatic rings. The van der Waals surface area contributed by atoms with Crippen molar-refractivity contribution in [1.29, 1.82) is 0 Å². The van der Waals surface area contributed by atoms with Gasteiger partial charge in [0.25, 0.3) is 5.91 Å². The number of aromatic amines is 1. The minimum atomic E-state index is -0.451. The van der Waals surface area contributed by atoms with Gasteiger partial charge in [-0.25, -0.2) is 24.6 Å². The summed E-state index contributed by atoms with van der Waals surface area (Å²) in [6, 6.07) is 6.71. The van der Waals surface area contributed by atoms with Gasteiger partial charge in [-0.2, -0.15) is 5.10 Å². The van der Waals surface area contributed by atoms with E-state index in [4.69, 9.17) is 44.5 Å². The number of methoxy groups -OCH3 is 1. The molecular formula is C26H24Cl3N9O2. The van der Waals surface area contributed by atoms with Crippen molar-refractivity contribution in [1.82, 2.24) is 40.0 Å². The van der Waals surface area contributed by atoms with E-state index in [0.717, 1.165) is 5.56 Å². The van der Waals surface area contributed by atoms with Crippen molar-refractivity contribution in [2.75, 3.05) is 32.6 Å². The number of imidazole rings is 1. The summed E-state index contributed by atoms with van der Waals surface area (Å²) in [6.45, 7) is 1.91. The monoisotopic (exact) mass is 599 g/mol. The second kappa shape index (κ2) is 11.3. The van der Waals surface area contributed by atoms with Crippen LogP contribution < -0.4 is 15.0 Å². The molecule has 0 saturated heterocycles. The lowest BCUT2D eigenvalue weighted by Crippen LogP contribution is -2.30. The lowest BCUT2D eigenvalue weighted by Gasteiger charge is -2.18. The maximum absolute atomic E-state index is 13.3. The molecule has 3 heterocycles. The first-order valence-electron chi connectivity index (χ1n) is 12.0. The Kier molecular flexibility index (Phi) is 7.79. The molecule has 2 N–H and O–H groups in total. The van der Waals surface area contributed by atoms with Crippen molar-refractivity contribution in [3.05, 3.63) is 80.8 Å².